The molecule has 12 nitrogen and oxygen atoms in total. The number of nitrogens with zero attached hydrogens (tertiary/aromatic N) is 4. The Hall–Kier alpha value is -3.80. The van der Waals surface area contributed by atoms with E-state index in [9.17, 15) is 26.4 Å². The zero-order valence-electron chi connectivity index (χ0n) is 28.3. The lowest BCUT2D eigenvalue weighted by Gasteiger charge is -2.20. The standard InChI is InChI=1S/C34H40N6O6S4/c1-5-17-39(18-6-2)49(43,44)25-13-15-27-29(21-25)47-33(35-27)37-31(41)23-9-11-24(12-10-23)32(42)38-34-36-28-16-14-26(22-30(28)48-34)50(45,46)40(19-7-3)20-8-4/h9-16,21-22H,5-8,17-20H2,1-4H3,(H,35,37,41)(H,36,38,42). The van der Waals surface area contributed by atoms with E-state index >= 15 is 0 Å². The molecule has 0 aliphatic heterocycles. The van der Waals surface area contributed by atoms with E-state index in [1.165, 1.54) is 67.7 Å². The van der Waals surface area contributed by atoms with E-state index in [1.54, 1.807) is 24.3 Å². The van der Waals surface area contributed by atoms with Gasteiger partial charge in [-0.1, -0.05) is 50.4 Å². The summed E-state index contributed by atoms with van der Waals surface area (Å²) in [4.78, 5) is 35.3. The number of carbonyl (C=O) groups is 2. The van der Waals surface area contributed by atoms with Gasteiger partial charge in [0.15, 0.2) is 10.3 Å². The monoisotopic (exact) mass is 756 g/mol. The van der Waals surface area contributed by atoms with Crippen LogP contribution >= 0.6 is 22.7 Å². The van der Waals surface area contributed by atoms with Crippen LogP contribution in [0.15, 0.2) is 70.5 Å². The Morgan fingerprint density at radius 1 is 0.580 bits per heavy atom. The third-order valence-corrected chi connectivity index (χ3v) is 13.4. The Balaban J connectivity index is 1.25. The lowest BCUT2D eigenvalue weighted by Crippen LogP contribution is -2.32. The predicted molar refractivity (Wildman–Crippen MR) is 200 cm³/mol. The Bertz CT molecular complexity index is 2050. The average Bonchev–Trinajstić information content (AvgIpc) is 3.70. The second-order valence-electron chi connectivity index (χ2n) is 11.6. The van der Waals surface area contributed by atoms with E-state index in [2.05, 4.69) is 20.6 Å². The van der Waals surface area contributed by atoms with Crippen LogP contribution < -0.4 is 10.6 Å². The van der Waals surface area contributed by atoms with Gasteiger partial charge in [-0.05, 0) is 86.3 Å². The predicted octanol–water partition coefficient (Wildman–Crippen LogP) is 7.03. The molecule has 0 aliphatic carbocycles. The van der Waals surface area contributed by atoms with Crippen molar-refractivity contribution < 1.29 is 26.4 Å². The van der Waals surface area contributed by atoms with Crippen LogP contribution in [0.5, 0.6) is 0 Å². The normalized spacial score (nSPS) is 12.3. The van der Waals surface area contributed by atoms with Gasteiger partial charge in [-0.25, -0.2) is 26.8 Å². The summed E-state index contributed by atoms with van der Waals surface area (Å²) in [5, 5.41) is 6.16. The van der Waals surface area contributed by atoms with Crippen LogP contribution in [0, 0.1) is 0 Å². The summed E-state index contributed by atoms with van der Waals surface area (Å²) in [5.74, 6) is -0.872. The number of thiazole rings is 2. The van der Waals surface area contributed by atoms with Crippen LogP contribution in [0.1, 0.15) is 74.1 Å². The number of carbonyl (C=O) groups excluding carboxylic acids is 2. The molecular weight excluding hydrogens is 717 g/mol. The van der Waals surface area contributed by atoms with Gasteiger partial charge in [-0.15, -0.1) is 0 Å². The highest BCUT2D eigenvalue weighted by molar-refractivity contribution is 7.89. The number of nitrogens with one attached hydrogen (secondary N) is 2. The smallest absolute Gasteiger partial charge is 0.257 e. The molecule has 0 fully saturated rings. The maximum atomic E-state index is 13.2. The first-order valence-corrected chi connectivity index (χ1v) is 21.0. The van der Waals surface area contributed by atoms with E-state index in [0.29, 0.717) is 93.7 Å². The molecule has 16 heteroatoms. The molecule has 0 radical (unpaired) electrons. The van der Waals surface area contributed by atoms with E-state index in [0.717, 1.165) is 0 Å². The number of anilines is 2. The second kappa shape index (κ2) is 16.0. The SMILES string of the molecule is CCCN(CCC)S(=O)(=O)c1ccc2nc(NC(=O)c3ccc(C(=O)Nc4nc5ccc(S(=O)(=O)N(CCC)CCC)cc5s4)cc3)sc2c1. The third kappa shape index (κ3) is 8.22. The van der Waals surface area contributed by atoms with E-state index in [-0.39, 0.29) is 9.79 Å². The maximum Gasteiger partial charge on any atom is 0.257 e. The highest BCUT2D eigenvalue weighted by Gasteiger charge is 2.25. The van der Waals surface area contributed by atoms with Gasteiger partial charge in [0.2, 0.25) is 20.0 Å². The first-order chi connectivity index (χ1) is 23.9. The van der Waals surface area contributed by atoms with Crippen molar-refractivity contribution in [2.45, 2.75) is 63.2 Å². The molecule has 2 heterocycles. The minimum Gasteiger partial charge on any atom is -0.298 e. The lowest BCUT2D eigenvalue weighted by atomic mass is 10.1. The summed E-state index contributed by atoms with van der Waals surface area (Å²) in [6, 6.07) is 15.6. The number of hydrogen-bond acceptors (Lipinski definition) is 10. The fourth-order valence-electron chi connectivity index (χ4n) is 5.35. The summed E-state index contributed by atoms with van der Waals surface area (Å²) in [6.07, 6.45) is 2.84. The van der Waals surface area contributed by atoms with Crippen molar-refractivity contribution in [3.05, 3.63) is 71.8 Å². The topological polar surface area (TPSA) is 159 Å². The van der Waals surface area contributed by atoms with Crippen LogP contribution in [-0.2, 0) is 20.0 Å². The maximum absolute atomic E-state index is 13.2. The number of sulfonamides is 2. The van der Waals surface area contributed by atoms with Crippen molar-refractivity contribution >= 4 is 85.2 Å². The molecule has 0 saturated heterocycles. The van der Waals surface area contributed by atoms with Gasteiger partial charge in [-0.2, -0.15) is 8.61 Å². The Morgan fingerprint density at radius 2 is 0.920 bits per heavy atom. The van der Waals surface area contributed by atoms with Crippen LogP contribution in [0.2, 0.25) is 0 Å². The first-order valence-electron chi connectivity index (χ1n) is 16.5. The summed E-state index contributed by atoms with van der Waals surface area (Å²) >= 11 is 2.35. The summed E-state index contributed by atoms with van der Waals surface area (Å²) < 4.78 is 57.2. The van der Waals surface area contributed by atoms with Crippen molar-refractivity contribution in [1.29, 1.82) is 0 Å². The summed E-state index contributed by atoms with van der Waals surface area (Å²) in [7, 11) is -7.32. The average molecular weight is 757 g/mol. The zero-order valence-corrected chi connectivity index (χ0v) is 31.6. The Morgan fingerprint density at radius 3 is 1.24 bits per heavy atom. The third-order valence-electron chi connectivity index (χ3n) is 7.74. The Kier molecular flexibility index (Phi) is 12.0. The fraction of sp³-hybridized carbons (Fsp3) is 0.353. The number of hydrogen-bond donors (Lipinski definition) is 2. The molecule has 266 valence electrons. The minimum absolute atomic E-state index is 0.187. The van der Waals surface area contributed by atoms with Crippen molar-refractivity contribution in [3.63, 3.8) is 0 Å². The van der Waals surface area contributed by atoms with Crippen molar-refractivity contribution in [3.8, 4) is 0 Å². The molecule has 50 heavy (non-hydrogen) atoms. The van der Waals surface area contributed by atoms with Crippen LogP contribution in [0.4, 0.5) is 10.3 Å². The van der Waals surface area contributed by atoms with Gasteiger partial charge >= 0.3 is 0 Å². The number of benzene rings is 3. The van der Waals surface area contributed by atoms with E-state index in [1.807, 2.05) is 27.7 Å². The van der Waals surface area contributed by atoms with Crippen molar-refractivity contribution in [2.75, 3.05) is 36.8 Å². The van der Waals surface area contributed by atoms with Gasteiger partial charge in [-0.3, -0.25) is 20.2 Å². The molecule has 0 atom stereocenters. The largest absolute Gasteiger partial charge is 0.298 e. The molecule has 2 aromatic heterocycles. The molecule has 0 saturated carbocycles. The van der Waals surface area contributed by atoms with Crippen LogP contribution in [0.3, 0.4) is 0 Å². The van der Waals surface area contributed by atoms with Gasteiger partial charge in [0, 0.05) is 37.3 Å². The Labute approximate surface area is 300 Å². The number of aromatic nitrogens is 2. The zero-order chi connectivity index (χ0) is 36.1. The molecule has 0 bridgehead atoms. The molecule has 0 unspecified atom stereocenters. The highest BCUT2D eigenvalue weighted by atomic mass is 32.2. The molecule has 3 aromatic carbocycles. The molecule has 0 aliphatic rings. The second-order valence-corrected chi connectivity index (χ2v) is 17.5. The van der Waals surface area contributed by atoms with Crippen molar-refractivity contribution in [1.82, 2.24) is 18.6 Å². The summed E-state index contributed by atoms with van der Waals surface area (Å²) in [6.45, 7) is 9.51. The first kappa shape index (κ1) is 37.5. The van der Waals surface area contributed by atoms with Crippen molar-refractivity contribution in [2.24, 2.45) is 0 Å². The van der Waals surface area contributed by atoms with E-state index < -0.39 is 31.9 Å². The summed E-state index contributed by atoms with van der Waals surface area (Å²) in [5.41, 5.74) is 1.73. The van der Waals surface area contributed by atoms with Gasteiger partial charge < -0.3 is 0 Å². The highest BCUT2D eigenvalue weighted by Crippen LogP contribution is 2.31. The molecular formula is C34H40N6O6S4. The van der Waals surface area contributed by atoms with E-state index in [4.69, 9.17) is 0 Å². The number of amides is 2. The minimum atomic E-state index is -3.66. The fourth-order valence-corrected chi connectivity index (χ4v) is 10.6. The quantitative estimate of drug-likeness (QED) is 0.109. The molecule has 5 aromatic rings. The molecule has 0 spiro atoms. The molecule has 5 rings (SSSR count). The number of rotatable bonds is 16. The molecule has 2 amide bonds. The van der Waals surface area contributed by atoms with Gasteiger partial charge in [0.1, 0.15) is 0 Å². The lowest BCUT2D eigenvalue weighted by molar-refractivity contribution is 0.101. The van der Waals surface area contributed by atoms with Gasteiger partial charge in [0.05, 0.1) is 30.2 Å². The number of fused-ring (bicyclic) bond motifs is 2. The van der Waals surface area contributed by atoms with Crippen LogP contribution in [-0.4, -0.2) is 73.4 Å². The molecule has 2 N–H and O–H groups in total. The van der Waals surface area contributed by atoms with Gasteiger partial charge in [0.25, 0.3) is 11.8 Å². The van der Waals surface area contributed by atoms with Crippen LogP contribution in [0.25, 0.3) is 20.4 Å².